The molecule has 1 aliphatic carbocycles. The fourth-order valence-electron chi connectivity index (χ4n) is 3.34. The summed E-state index contributed by atoms with van der Waals surface area (Å²) >= 11 is 1.97. The Hall–Kier alpha value is -0.220. The quantitative estimate of drug-likeness (QED) is 0.841. The highest BCUT2D eigenvalue weighted by atomic mass is 32.2. The lowest BCUT2D eigenvalue weighted by molar-refractivity contribution is 0.0844. The molecule has 1 saturated heterocycles. The van der Waals surface area contributed by atoms with E-state index in [0.29, 0.717) is 17.4 Å². The Morgan fingerprint density at radius 3 is 2.79 bits per heavy atom. The van der Waals surface area contributed by atoms with E-state index < -0.39 is 0 Å². The van der Waals surface area contributed by atoms with E-state index in [1.807, 2.05) is 11.8 Å². The van der Waals surface area contributed by atoms with Crippen LogP contribution in [0.4, 0.5) is 0 Å². The Balaban J connectivity index is 1.51. The second-order valence-corrected chi connectivity index (χ2v) is 7.32. The highest BCUT2D eigenvalue weighted by Gasteiger charge is 2.41. The summed E-state index contributed by atoms with van der Waals surface area (Å²) in [4.78, 5) is 4.72. The summed E-state index contributed by atoms with van der Waals surface area (Å²) in [6, 6.07) is 0.513. The van der Waals surface area contributed by atoms with Crippen LogP contribution in [0.3, 0.4) is 0 Å². The van der Waals surface area contributed by atoms with Gasteiger partial charge in [0.25, 0.3) is 0 Å². The van der Waals surface area contributed by atoms with E-state index in [2.05, 4.69) is 19.2 Å². The maximum Gasteiger partial charge on any atom is 0.157 e. The van der Waals surface area contributed by atoms with Gasteiger partial charge in [-0.25, -0.2) is 0 Å². The molecule has 108 valence electrons. The van der Waals surface area contributed by atoms with Gasteiger partial charge in [-0.3, -0.25) is 4.99 Å². The number of rotatable bonds is 5. The lowest BCUT2D eigenvalue weighted by Crippen LogP contribution is -2.40. The van der Waals surface area contributed by atoms with E-state index in [-0.39, 0.29) is 0 Å². The molecule has 3 rings (SSSR count). The molecule has 3 nitrogen and oxygen atoms in total. The topological polar surface area (TPSA) is 33.6 Å². The molecule has 0 aromatic carbocycles. The highest BCUT2D eigenvalue weighted by Crippen LogP contribution is 2.39. The molecule has 0 amide bonds. The number of aliphatic imine (C=N–C) groups is 1. The van der Waals surface area contributed by atoms with E-state index in [0.717, 1.165) is 31.4 Å². The Kier molecular flexibility index (Phi) is 4.37. The van der Waals surface area contributed by atoms with E-state index in [4.69, 9.17) is 9.73 Å². The van der Waals surface area contributed by atoms with Crippen LogP contribution in [0.15, 0.2) is 4.99 Å². The average Bonchev–Trinajstić information content (AvgIpc) is 2.99. The van der Waals surface area contributed by atoms with Crippen LogP contribution in [-0.4, -0.2) is 35.7 Å². The van der Waals surface area contributed by atoms with Crippen LogP contribution >= 0.6 is 11.8 Å². The van der Waals surface area contributed by atoms with Crippen molar-refractivity contribution in [2.24, 2.45) is 16.8 Å². The van der Waals surface area contributed by atoms with Gasteiger partial charge < -0.3 is 10.1 Å². The largest absolute Gasteiger partial charge is 0.376 e. The number of nitrogens with zero attached hydrogens (tertiary/aromatic N) is 1. The molecule has 0 aromatic rings. The van der Waals surface area contributed by atoms with Crippen molar-refractivity contribution in [2.75, 3.05) is 13.2 Å². The zero-order valence-corrected chi connectivity index (χ0v) is 12.9. The number of thioether (sulfide) groups is 1. The SMILES string of the molecule is CCC(CC)C1CN=C(NC2CCOC2C2CC2)S1. The van der Waals surface area contributed by atoms with Crippen LogP contribution in [0.2, 0.25) is 0 Å². The van der Waals surface area contributed by atoms with Gasteiger partial charge in [-0.05, 0) is 31.1 Å². The fourth-order valence-corrected chi connectivity index (χ4v) is 4.73. The van der Waals surface area contributed by atoms with E-state index in [1.54, 1.807) is 0 Å². The molecule has 2 aliphatic heterocycles. The van der Waals surface area contributed by atoms with Gasteiger partial charge in [0.2, 0.25) is 0 Å². The number of hydrogen-bond acceptors (Lipinski definition) is 4. The first-order valence-corrected chi connectivity index (χ1v) is 8.79. The molecule has 0 radical (unpaired) electrons. The standard InChI is InChI=1S/C15H26N2OS/c1-3-10(4-2)13-9-16-15(19-13)17-12-7-8-18-14(12)11-5-6-11/h10-14H,3-9H2,1-2H3,(H,16,17). The van der Waals surface area contributed by atoms with Gasteiger partial charge in [-0.15, -0.1) is 0 Å². The predicted octanol–water partition coefficient (Wildman–Crippen LogP) is 3.05. The van der Waals surface area contributed by atoms with Crippen molar-refractivity contribution in [3.63, 3.8) is 0 Å². The minimum absolute atomic E-state index is 0.454. The molecule has 1 N–H and O–H groups in total. The third kappa shape index (κ3) is 3.10. The number of hydrogen-bond donors (Lipinski definition) is 1. The van der Waals surface area contributed by atoms with Gasteiger partial charge in [0.15, 0.2) is 5.17 Å². The van der Waals surface area contributed by atoms with Crippen LogP contribution in [0.1, 0.15) is 46.0 Å². The van der Waals surface area contributed by atoms with E-state index >= 15 is 0 Å². The van der Waals surface area contributed by atoms with E-state index in [9.17, 15) is 0 Å². The van der Waals surface area contributed by atoms with Crippen molar-refractivity contribution in [1.82, 2.24) is 5.32 Å². The lowest BCUT2D eigenvalue weighted by atomic mass is 9.99. The molecule has 2 fully saturated rings. The van der Waals surface area contributed by atoms with Crippen molar-refractivity contribution in [1.29, 1.82) is 0 Å². The molecule has 0 aromatic heterocycles. The Labute approximate surface area is 121 Å². The molecule has 4 heteroatoms. The molecule has 3 unspecified atom stereocenters. The number of amidine groups is 1. The fraction of sp³-hybridized carbons (Fsp3) is 0.933. The Morgan fingerprint density at radius 1 is 1.32 bits per heavy atom. The smallest absolute Gasteiger partial charge is 0.157 e. The van der Waals surface area contributed by atoms with Crippen LogP contribution in [0, 0.1) is 11.8 Å². The zero-order chi connectivity index (χ0) is 13.2. The summed E-state index contributed by atoms with van der Waals surface area (Å²) in [6.07, 6.45) is 6.87. The first kappa shape index (κ1) is 13.7. The second kappa shape index (κ2) is 6.04. The summed E-state index contributed by atoms with van der Waals surface area (Å²) < 4.78 is 5.89. The summed E-state index contributed by atoms with van der Waals surface area (Å²) in [5.74, 6) is 1.63. The van der Waals surface area contributed by atoms with Gasteiger partial charge in [-0.2, -0.15) is 0 Å². The second-order valence-electron chi connectivity index (χ2n) is 6.09. The summed E-state index contributed by atoms with van der Waals surface area (Å²) in [7, 11) is 0. The summed E-state index contributed by atoms with van der Waals surface area (Å²) in [5.41, 5.74) is 0. The minimum atomic E-state index is 0.454. The van der Waals surface area contributed by atoms with Gasteiger partial charge in [0.1, 0.15) is 0 Å². The molecule has 2 heterocycles. The molecule has 0 bridgehead atoms. The van der Waals surface area contributed by atoms with Crippen LogP contribution in [0.25, 0.3) is 0 Å². The molecule has 3 atom stereocenters. The summed E-state index contributed by atoms with van der Waals surface area (Å²) in [5, 5.41) is 5.54. The molecule has 1 saturated carbocycles. The van der Waals surface area contributed by atoms with E-state index in [1.165, 1.54) is 30.9 Å². The minimum Gasteiger partial charge on any atom is -0.376 e. The molecular weight excluding hydrogens is 256 g/mol. The molecule has 0 spiro atoms. The van der Waals surface area contributed by atoms with Gasteiger partial charge in [0.05, 0.1) is 18.7 Å². The van der Waals surface area contributed by atoms with Crippen LogP contribution < -0.4 is 5.32 Å². The molecule has 3 aliphatic rings. The third-order valence-electron chi connectivity index (χ3n) is 4.78. The first-order chi connectivity index (χ1) is 9.31. The number of nitrogens with one attached hydrogen (secondary N) is 1. The lowest BCUT2D eigenvalue weighted by Gasteiger charge is -2.22. The Bertz CT molecular complexity index is 339. The maximum atomic E-state index is 5.89. The number of ether oxygens (including phenoxy) is 1. The van der Waals surface area contributed by atoms with Crippen LogP contribution in [0.5, 0.6) is 0 Å². The van der Waals surface area contributed by atoms with Crippen molar-refractivity contribution in [3.05, 3.63) is 0 Å². The normalized spacial score (nSPS) is 34.9. The maximum absolute atomic E-state index is 5.89. The van der Waals surface area contributed by atoms with Crippen LogP contribution in [-0.2, 0) is 4.74 Å². The monoisotopic (exact) mass is 282 g/mol. The third-order valence-corrected chi connectivity index (χ3v) is 6.09. The molecule has 19 heavy (non-hydrogen) atoms. The average molecular weight is 282 g/mol. The Morgan fingerprint density at radius 2 is 2.11 bits per heavy atom. The van der Waals surface area contributed by atoms with Gasteiger partial charge >= 0.3 is 0 Å². The zero-order valence-electron chi connectivity index (χ0n) is 12.1. The first-order valence-electron chi connectivity index (χ1n) is 7.91. The highest BCUT2D eigenvalue weighted by molar-refractivity contribution is 8.14. The summed E-state index contributed by atoms with van der Waals surface area (Å²) in [6.45, 7) is 6.52. The van der Waals surface area contributed by atoms with Crippen molar-refractivity contribution < 1.29 is 4.74 Å². The van der Waals surface area contributed by atoms with Crippen molar-refractivity contribution in [2.45, 2.75) is 63.3 Å². The van der Waals surface area contributed by atoms with Crippen molar-refractivity contribution in [3.8, 4) is 0 Å². The van der Waals surface area contributed by atoms with Crippen molar-refractivity contribution >= 4 is 16.9 Å². The van der Waals surface area contributed by atoms with Gasteiger partial charge in [-0.1, -0.05) is 38.5 Å². The molecular formula is C15H26N2OS. The van der Waals surface area contributed by atoms with Gasteiger partial charge in [0, 0.05) is 11.9 Å². The predicted molar refractivity (Wildman–Crippen MR) is 81.8 cm³/mol.